The molecule has 2 aliphatic rings. The topological polar surface area (TPSA) is 96.6 Å². The molecule has 30 heavy (non-hydrogen) atoms. The van der Waals surface area contributed by atoms with Crippen LogP contribution in [0.15, 0.2) is 47.3 Å². The number of aromatic nitrogens is 3. The van der Waals surface area contributed by atoms with Crippen molar-refractivity contribution in [1.82, 2.24) is 20.3 Å². The quantitative estimate of drug-likeness (QED) is 0.708. The zero-order chi connectivity index (χ0) is 20.7. The van der Waals surface area contributed by atoms with E-state index in [1.807, 2.05) is 18.3 Å². The van der Waals surface area contributed by atoms with Crippen LogP contribution < -0.4 is 19.9 Å². The second-order valence-corrected chi connectivity index (χ2v) is 7.72. The molecule has 0 atom stereocenters. The first-order valence-corrected chi connectivity index (χ1v) is 9.89. The Morgan fingerprint density at radius 3 is 2.63 bits per heavy atom. The first-order valence-electron chi connectivity index (χ1n) is 9.89. The van der Waals surface area contributed by atoms with E-state index in [1.165, 1.54) is 11.2 Å². The number of carbonyl (C=O) groups is 1. The van der Waals surface area contributed by atoms with E-state index in [0.717, 1.165) is 31.9 Å². The van der Waals surface area contributed by atoms with Gasteiger partial charge in [0.25, 0.3) is 5.91 Å². The van der Waals surface area contributed by atoms with E-state index in [0.29, 0.717) is 29.0 Å². The van der Waals surface area contributed by atoms with Gasteiger partial charge in [0.15, 0.2) is 23.0 Å². The number of ether oxygens (including phenoxy) is 1. The van der Waals surface area contributed by atoms with Crippen LogP contribution in [0.5, 0.6) is 5.75 Å². The van der Waals surface area contributed by atoms with Gasteiger partial charge in [-0.3, -0.25) is 9.78 Å². The monoisotopic (exact) mass is 406 g/mol. The van der Waals surface area contributed by atoms with Crippen molar-refractivity contribution in [2.75, 3.05) is 36.0 Å². The molecular formula is C21H22N6O3. The molecule has 9 heteroatoms. The lowest BCUT2D eigenvalue weighted by atomic mass is 10.1. The minimum atomic E-state index is -1.06. The Kier molecular flexibility index (Phi) is 4.39. The predicted octanol–water partition coefficient (Wildman–Crippen LogP) is 2.38. The van der Waals surface area contributed by atoms with Crippen LogP contribution in [0, 0.1) is 0 Å². The van der Waals surface area contributed by atoms with Crippen LogP contribution in [0.2, 0.25) is 0 Å². The van der Waals surface area contributed by atoms with Gasteiger partial charge in [0.2, 0.25) is 5.88 Å². The maximum Gasteiger partial charge on any atom is 0.278 e. The third-order valence-electron chi connectivity index (χ3n) is 5.22. The molecule has 0 saturated carbocycles. The molecule has 1 saturated heterocycles. The van der Waals surface area contributed by atoms with Gasteiger partial charge in [0, 0.05) is 32.2 Å². The maximum absolute atomic E-state index is 13.0. The summed E-state index contributed by atoms with van der Waals surface area (Å²) in [5, 5.41) is 3.34. The number of pyridine rings is 1. The molecule has 1 fully saturated rings. The molecular weight excluding hydrogens is 384 g/mol. The second-order valence-electron chi connectivity index (χ2n) is 7.72. The molecule has 3 aromatic rings. The number of fused-ring (bicyclic) bond motifs is 1. The highest BCUT2D eigenvalue weighted by Crippen LogP contribution is 2.41. The number of piperazine rings is 1. The average Bonchev–Trinajstić information content (AvgIpc) is 3.29. The molecule has 0 aromatic carbocycles. The third kappa shape index (κ3) is 3.17. The van der Waals surface area contributed by atoms with Crippen LogP contribution in [0.25, 0.3) is 11.5 Å². The van der Waals surface area contributed by atoms with Gasteiger partial charge in [-0.25, -0.2) is 14.9 Å². The van der Waals surface area contributed by atoms with Gasteiger partial charge in [-0.05, 0) is 32.0 Å². The Morgan fingerprint density at radius 1 is 1.10 bits per heavy atom. The lowest BCUT2D eigenvalue weighted by Gasteiger charge is -2.36. The van der Waals surface area contributed by atoms with Crippen molar-refractivity contribution in [3.05, 3.63) is 42.9 Å². The van der Waals surface area contributed by atoms with Crippen molar-refractivity contribution in [3.8, 4) is 17.3 Å². The molecule has 9 nitrogen and oxygen atoms in total. The van der Waals surface area contributed by atoms with Crippen molar-refractivity contribution in [2.24, 2.45) is 0 Å². The molecule has 5 heterocycles. The van der Waals surface area contributed by atoms with E-state index in [-0.39, 0.29) is 5.91 Å². The van der Waals surface area contributed by atoms with E-state index in [2.05, 4.69) is 25.2 Å². The first-order chi connectivity index (χ1) is 14.5. The minimum absolute atomic E-state index is 0.267. The Morgan fingerprint density at radius 2 is 1.93 bits per heavy atom. The lowest BCUT2D eigenvalue weighted by molar-refractivity contribution is -0.132. The van der Waals surface area contributed by atoms with Crippen LogP contribution in [0.3, 0.4) is 0 Å². The normalized spacial score (nSPS) is 18.1. The Hall–Kier alpha value is -3.46. The Bertz CT molecular complexity index is 1060. The van der Waals surface area contributed by atoms with Crippen molar-refractivity contribution >= 4 is 23.3 Å². The molecule has 0 bridgehead atoms. The summed E-state index contributed by atoms with van der Waals surface area (Å²) >= 11 is 0. The summed E-state index contributed by atoms with van der Waals surface area (Å²) in [7, 11) is 0. The van der Waals surface area contributed by atoms with Gasteiger partial charge < -0.3 is 19.4 Å². The van der Waals surface area contributed by atoms with Crippen molar-refractivity contribution in [1.29, 1.82) is 0 Å². The van der Waals surface area contributed by atoms with Gasteiger partial charge in [-0.1, -0.05) is 0 Å². The molecule has 0 unspecified atom stereocenters. The number of amides is 1. The molecule has 1 amide bonds. The Labute approximate surface area is 173 Å². The van der Waals surface area contributed by atoms with Crippen molar-refractivity contribution in [2.45, 2.75) is 19.4 Å². The number of furan rings is 1. The second kappa shape index (κ2) is 7.10. The van der Waals surface area contributed by atoms with Crippen LogP contribution in [0.4, 0.5) is 17.4 Å². The Balaban J connectivity index is 1.51. The molecule has 154 valence electrons. The number of nitrogens with zero attached hydrogens (tertiary/aromatic N) is 5. The van der Waals surface area contributed by atoms with Gasteiger partial charge in [-0.15, -0.1) is 0 Å². The molecule has 2 aliphatic heterocycles. The first kappa shape index (κ1) is 18.6. The summed E-state index contributed by atoms with van der Waals surface area (Å²) in [6, 6.07) is 7.35. The summed E-state index contributed by atoms with van der Waals surface area (Å²) in [6.07, 6.45) is 4.93. The molecule has 0 spiro atoms. The highest BCUT2D eigenvalue weighted by molar-refractivity contribution is 6.06. The van der Waals surface area contributed by atoms with E-state index < -0.39 is 5.60 Å². The molecule has 0 radical (unpaired) electrons. The number of hydrogen-bond donors (Lipinski definition) is 1. The molecule has 3 aromatic heterocycles. The largest absolute Gasteiger partial charge is 0.472 e. The smallest absolute Gasteiger partial charge is 0.278 e. The number of nitrogens with one attached hydrogen (secondary N) is 1. The highest BCUT2D eigenvalue weighted by Gasteiger charge is 2.44. The lowest BCUT2D eigenvalue weighted by Crippen LogP contribution is -2.50. The standard InChI is InChI=1S/C21H22N6O3/c1-21(2)20(28)27(17-4-3-11-29-17)19-16(30-21)13-24-18(25-19)15-6-5-14(12-23-15)26-9-7-22-8-10-26/h3-6,11-13,22H,7-10H2,1-2H3. The third-order valence-corrected chi connectivity index (χ3v) is 5.22. The van der Waals surface area contributed by atoms with E-state index >= 15 is 0 Å². The fourth-order valence-corrected chi connectivity index (χ4v) is 3.63. The van der Waals surface area contributed by atoms with E-state index in [4.69, 9.17) is 9.15 Å². The van der Waals surface area contributed by atoms with Crippen LogP contribution in [0.1, 0.15) is 13.8 Å². The van der Waals surface area contributed by atoms with Crippen molar-refractivity contribution < 1.29 is 13.9 Å². The molecule has 5 rings (SSSR count). The number of rotatable bonds is 3. The number of carbonyl (C=O) groups excluding carboxylic acids is 1. The van der Waals surface area contributed by atoms with E-state index in [1.54, 1.807) is 32.2 Å². The van der Waals surface area contributed by atoms with E-state index in [9.17, 15) is 4.79 Å². The molecule has 1 N–H and O–H groups in total. The zero-order valence-corrected chi connectivity index (χ0v) is 16.8. The number of hydrogen-bond acceptors (Lipinski definition) is 8. The van der Waals surface area contributed by atoms with Gasteiger partial charge in [0.05, 0.1) is 24.3 Å². The summed E-state index contributed by atoms with van der Waals surface area (Å²) in [5.74, 6) is 1.28. The van der Waals surface area contributed by atoms with Crippen LogP contribution in [-0.4, -0.2) is 52.6 Å². The van der Waals surface area contributed by atoms with Crippen molar-refractivity contribution in [3.63, 3.8) is 0 Å². The highest BCUT2D eigenvalue weighted by atomic mass is 16.5. The summed E-state index contributed by atoms with van der Waals surface area (Å²) in [5.41, 5.74) is 0.623. The summed E-state index contributed by atoms with van der Waals surface area (Å²) in [4.78, 5) is 30.3. The predicted molar refractivity (Wildman–Crippen MR) is 111 cm³/mol. The van der Waals surface area contributed by atoms with Crippen LogP contribution in [-0.2, 0) is 4.79 Å². The van der Waals surface area contributed by atoms with Gasteiger partial charge >= 0.3 is 0 Å². The maximum atomic E-state index is 13.0. The summed E-state index contributed by atoms with van der Waals surface area (Å²) < 4.78 is 11.3. The van der Waals surface area contributed by atoms with Gasteiger partial charge in [-0.2, -0.15) is 0 Å². The number of anilines is 3. The minimum Gasteiger partial charge on any atom is -0.472 e. The summed E-state index contributed by atoms with van der Waals surface area (Å²) in [6.45, 7) is 7.23. The zero-order valence-electron chi connectivity index (χ0n) is 16.8. The van der Waals surface area contributed by atoms with Gasteiger partial charge in [0.1, 0.15) is 5.69 Å². The SMILES string of the molecule is CC1(C)Oc2cnc(-c3ccc(N4CCNCC4)cn3)nc2N(c2ccco2)C1=O. The fraction of sp³-hybridized carbons (Fsp3) is 0.333. The molecule has 0 aliphatic carbocycles. The van der Waals surface area contributed by atoms with Crippen LogP contribution >= 0.6 is 0 Å². The fourth-order valence-electron chi connectivity index (χ4n) is 3.63. The average molecular weight is 406 g/mol.